The number of allylic oxidation sites excluding steroid dienone is 1. The molecule has 2 heteroatoms. The molecule has 0 aromatic carbocycles. The summed E-state index contributed by atoms with van der Waals surface area (Å²) in [5.41, 5.74) is 0. The van der Waals surface area contributed by atoms with Crippen molar-refractivity contribution in [2.75, 3.05) is 6.54 Å². The van der Waals surface area contributed by atoms with Crippen LogP contribution in [-0.4, -0.2) is 13.0 Å². The van der Waals surface area contributed by atoms with E-state index in [1.165, 1.54) is 0 Å². The summed E-state index contributed by atoms with van der Waals surface area (Å²) in [5, 5.41) is 2.55. The number of unbranched alkanes of at least 4 members (excludes halogenated alkanes) is 1. The Labute approximate surface area is 61.3 Å². The topological polar surface area (TPSA) is 29.1 Å². The molecule has 0 aliphatic carbocycles. The first-order valence-electron chi connectivity index (χ1n) is 3.18. The molecule has 0 aliphatic rings. The Morgan fingerprint density at radius 1 is 1.60 bits per heavy atom. The van der Waals surface area contributed by atoms with Crippen molar-refractivity contribution in [3.8, 4) is 11.8 Å². The van der Waals surface area contributed by atoms with Crippen LogP contribution in [0.5, 0.6) is 0 Å². The normalized spacial score (nSPS) is 7.20. The third kappa shape index (κ3) is 6.77. The van der Waals surface area contributed by atoms with Crippen LogP contribution in [0, 0.1) is 11.8 Å². The predicted molar refractivity (Wildman–Crippen MR) is 41.3 cm³/mol. The highest BCUT2D eigenvalue weighted by molar-refractivity contribution is 5.45. The number of hydrogen-bond donors (Lipinski definition) is 1. The molecule has 0 aromatic rings. The Hall–Kier alpha value is -1.23. The molecule has 0 rings (SSSR count). The van der Waals surface area contributed by atoms with E-state index in [2.05, 4.69) is 23.7 Å². The number of rotatable bonds is 4. The summed E-state index contributed by atoms with van der Waals surface area (Å²) in [5.74, 6) is 5.59. The standard InChI is InChI=1S/C8H11NO/c1-2-3-4-5-6-7-9-8-10/h2,8H,1,5-7H2,(H,9,10). The third-order valence-electron chi connectivity index (χ3n) is 0.910. The number of carbonyl (C=O) groups is 1. The van der Waals surface area contributed by atoms with Crippen molar-refractivity contribution in [1.29, 1.82) is 0 Å². The van der Waals surface area contributed by atoms with Gasteiger partial charge >= 0.3 is 0 Å². The molecule has 1 amide bonds. The van der Waals surface area contributed by atoms with Gasteiger partial charge in [-0.2, -0.15) is 0 Å². The molecular weight excluding hydrogens is 126 g/mol. The summed E-state index contributed by atoms with van der Waals surface area (Å²) >= 11 is 0. The van der Waals surface area contributed by atoms with Gasteiger partial charge in [0, 0.05) is 13.0 Å². The van der Waals surface area contributed by atoms with E-state index in [0.717, 1.165) is 12.8 Å². The van der Waals surface area contributed by atoms with E-state index in [4.69, 9.17) is 0 Å². The van der Waals surface area contributed by atoms with Crippen LogP contribution < -0.4 is 5.32 Å². The average molecular weight is 137 g/mol. The molecule has 0 saturated carbocycles. The first kappa shape index (κ1) is 8.77. The number of hydrogen-bond acceptors (Lipinski definition) is 1. The summed E-state index contributed by atoms with van der Waals surface area (Å²) in [7, 11) is 0. The highest BCUT2D eigenvalue weighted by atomic mass is 16.1. The van der Waals surface area contributed by atoms with E-state index in [-0.39, 0.29) is 0 Å². The van der Waals surface area contributed by atoms with Gasteiger partial charge in [-0.25, -0.2) is 0 Å². The molecule has 54 valence electrons. The maximum atomic E-state index is 9.73. The lowest BCUT2D eigenvalue weighted by Crippen LogP contribution is -2.11. The fourth-order valence-corrected chi connectivity index (χ4v) is 0.482. The molecule has 0 spiro atoms. The molecule has 0 bridgehead atoms. The van der Waals surface area contributed by atoms with Crippen molar-refractivity contribution < 1.29 is 4.79 Å². The minimum atomic E-state index is 0.695. The molecule has 0 saturated heterocycles. The minimum Gasteiger partial charge on any atom is -0.359 e. The van der Waals surface area contributed by atoms with Crippen LogP contribution >= 0.6 is 0 Å². The number of nitrogens with one attached hydrogen (secondary N) is 1. The minimum absolute atomic E-state index is 0.695. The van der Waals surface area contributed by atoms with Gasteiger partial charge in [-0.1, -0.05) is 18.4 Å². The number of carbonyl (C=O) groups excluding carboxylic acids is 1. The van der Waals surface area contributed by atoms with E-state index in [1.54, 1.807) is 6.08 Å². The molecule has 0 unspecified atom stereocenters. The van der Waals surface area contributed by atoms with Gasteiger partial charge in [0.05, 0.1) is 0 Å². The van der Waals surface area contributed by atoms with Gasteiger partial charge in [-0.15, -0.1) is 0 Å². The summed E-state index contributed by atoms with van der Waals surface area (Å²) < 4.78 is 0. The molecule has 0 fully saturated rings. The van der Waals surface area contributed by atoms with Gasteiger partial charge in [0.1, 0.15) is 0 Å². The summed E-state index contributed by atoms with van der Waals surface area (Å²) in [6, 6.07) is 0. The van der Waals surface area contributed by atoms with Crippen LogP contribution in [0.1, 0.15) is 12.8 Å². The van der Waals surface area contributed by atoms with E-state index in [0.29, 0.717) is 13.0 Å². The first-order chi connectivity index (χ1) is 4.91. The second kappa shape index (κ2) is 7.77. The van der Waals surface area contributed by atoms with Crippen molar-refractivity contribution in [3.63, 3.8) is 0 Å². The second-order valence-corrected chi connectivity index (χ2v) is 1.70. The Kier molecular flexibility index (Phi) is 6.81. The zero-order chi connectivity index (χ0) is 7.66. The fraction of sp³-hybridized carbons (Fsp3) is 0.375. The second-order valence-electron chi connectivity index (χ2n) is 1.70. The molecule has 0 heterocycles. The van der Waals surface area contributed by atoms with Crippen molar-refractivity contribution >= 4 is 6.41 Å². The predicted octanol–water partition coefficient (Wildman–Crippen LogP) is 0.702. The molecule has 0 aromatic heterocycles. The van der Waals surface area contributed by atoms with E-state index < -0.39 is 0 Å². The monoisotopic (exact) mass is 137 g/mol. The average Bonchev–Trinajstić information content (AvgIpc) is 1.97. The molecule has 0 aliphatic heterocycles. The van der Waals surface area contributed by atoms with Gasteiger partial charge in [0.15, 0.2) is 0 Å². The van der Waals surface area contributed by atoms with Gasteiger partial charge in [0.2, 0.25) is 6.41 Å². The smallest absolute Gasteiger partial charge is 0.207 e. The summed E-state index contributed by atoms with van der Waals surface area (Å²) in [4.78, 5) is 9.73. The lowest BCUT2D eigenvalue weighted by atomic mass is 10.3. The molecule has 1 N–H and O–H groups in total. The van der Waals surface area contributed by atoms with Crippen LogP contribution in [0.15, 0.2) is 12.7 Å². The maximum absolute atomic E-state index is 9.73. The Morgan fingerprint density at radius 2 is 2.40 bits per heavy atom. The molecular formula is C8H11NO. The van der Waals surface area contributed by atoms with Crippen LogP contribution in [0.3, 0.4) is 0 Å². The van der Waals surface area contributed by atoms with Crippen LogP contribution in [-0.2, 0) is 4.79 Å². The molecule has 10 heavy (non-hydrogen) atoms. The van der Waals surface area contributed by atoms with Gasteiger partial charge in [-0.05, 0) is 12.5 Å². The fourth-order valence-electron chi connectivity index (χ4n) is 0.482. The van der Waals surface area contributed by atoms with E-state index in [1.807, 2.05) is 0 Å². The zero-order valence-electron chi connectivity index (χ0n) is 5.89. The van der Waals surface area contributed by atoms with Gasteiger partial charge in [-0.3, -0.25) is 4.79 Å². The largest absolute Gasteiger partial charge is 0.359 e. The van der Waals surface area contributed by atoms with Crippen LogP contribution in [0.25, 0.3) is 0 Å². The van der Waals surface area contributed by atoms with E-state index >= 15 is 0 Å². The maximum Gasteiger partial charge on any atom is 0.207 e. The van der Waals surface area contributed by atoms with Crippen LogP contribution in [0.2, 0.25) is 0 Å². The Bertz CT molecular complexity index is 152. The number of amides is 1. The highest BCUT2D eigenvalue weighted by Gasteiger charge is 1.79. The quantitative estimate of drug-likeness (QED) is 0.345. The van der Waals surface area contributed by atoms with E-state index in [9.17, 15) is 4.79 Å². The highest BCUT2D eigenvalue weighted by Crippen LogP contribution is 1.81. The zero-order valence-corrected chi connectivity index (χ0v) is 5.89. The van der Waals surface area contributed by atoms with Crippen molar-refractivity contribution in [2.45, 2.75) is 12.8 Å². The molecule has 0 atom stereocenters. The first-order valence-corrected chi connectivity index (χ1v) is 3.18. The van der Waals surface area contributed by atoms with Gasteiger partial charge < -0.3 is 5.32 Å². The Balaban J connectivity index is 3.04. The van der Waals surface area contributed by atoms with Crippen molar-refractivity contribution in [3.05, 3.63) is 12.7 Å². The van der Waals surface area contributed by atoms with Crippen molar-refractivity contribution in [1.82, 2.24) is 5.32 Å². The SMILES string of the molecule is C=CC#CCCCNC=O. The molecule has 2 nitrogen and oxygen atoms in total. The lowest BCUT2D eigenvalue weighted by Gasteiger charge is -1.91. The molecule has 0 radical (unpaired) electrons. The summed E-state index contributed by atoms with van der Waals surface area (Å²) in [6.45, 7) is 4.15. The van der Waals surface area contributed by atoms with Gasteiger partial charge in [0.25, 0.3) is 0 Å². The lowest BCUT2D eigenvalue weighted by molar-refractivity contribution is -0.109. The summed E-state index contributed by atoms with van der Waals surface area (Å²) in [6.07, 6.45) is 3.97. The van der Waals surface area contributed by atoms with Crippen LogP contribution in [0.4, 0.5) is 0 Å². The third-order valence-corrected chi connectivity index (χ3v) is 0.910. The van der Waals surface area contributed by atoms with Crippen molar-refractivity contribution in [2.24, 2.45) is 0 Å². The Morgan fingerprint density at radius 3 is 3.00 bits per heavy atom.